The topological polar surface area (TPSA) is 64.7 Å². The molecule has 2 N–H and O–H groups in total. The van der Waals surface area contributed by atoms with Gasteiger partial charge in [0, 0.05) is 31.9 Å². The molecule has 33 heavy (non-hydrogen) atoms. The Bertz CT molecular complexity index is 956. The van der Waals surface area contributed by atoms with Gasteiger partial charge >= 0.3 is 0 Å². The lowest BCUT2D eigenvalue weighted by Gasteiger charge is -2.34. The first-order chi connectivity index (χ1) is 15.9. The van der Waals surface area contributed by atoms with Crippen LogP contribution in [0.3, 0.4) is 0 Å². The maximum absolute atomic E-state index is 12.8. The Balaban J connectivity index is 1.22. The van der Waals surface area contributed by atoms with E-state index in [2.05, 4.69) is 51.6 Å². The van der Waals surface area contributed by atoms with Gasteiger partial charge in [-0.2, -0.15) is 0 Å². The summed E-state index contributed by atoms with van der Waals surface area (Å²) in [7, 11) is 0. The largest absolute Gasteiger partial charge is 0.348 e. The van der Waals surface area contributed by atoms with Gasteiger partial charge in [-0.1, -0.05) is 48.0 Å². The summed E-state index contributed by atoms with van der Waals surface area (Å²) >= 11 is 0. The van der Waals surface area contributed by atoms with Crippen LogP contribution in [0.15, 0.2) is 42.5 Å². The predicted molar refractivity (Wildman–Crippen MR) is 132 cm³/mol. The van der Waals surface area contributed by atoms with Crippen LogP contribution in [0.25, 0.3) is 0 Å². The third-order valence-electron chi connectivity index (χ3n) is 6.79. The normalized spacial score (nSPS) is 18.0. The van der Waals surface area contributed by atoms with Crippen molar-refractivity contribution in [3.63, 3.8) is 0 Å². The van der Waals surface area contributed by atoms with Crippen LogP contribution < -0.4 is 10.6 Å². The zero-order valence-corrected chi connectivity index (χ0v) is 20.1. The van der Waals surface area contributed by atoms with E-state index in [4.69, 9.17) is 0 Å². The summed E-state index contributed by atoms with van der Waals surface area (Å²) < 4.78 is 0. The predicted octanol–water partition coefficient (Wildman–Crippen LogP) is 3.44. The van der Waals surface area contributed by atoms with Crippen molar-refractivity contribution in [2.45, 2.75) is 39.7 Å². The van der Waals surface area contributed by atoms with Crippen LogP contribution in [0.1, 0.15) is 41.1 Å². The van der Waals surface area contributed by atoms with Gasteiger partial charge in [0.25, 0.3) is 0 Å². The van der Waals surface area contributed by atoms with E-state index in [1.165, 1.54) is 24.0 Å². The monoisotopic (exact) mass is 448 g/mol. The van der Waals surface area contributed by atoms with Gasteiger partial charge in [-0.15, -0.1) is 0 Å². The number of nitrogens with one attached hydrogen (secondary N) is 2. The Morgan fingerprint density at radius 3 is 1.94 bits per heavy atom. The van der Waals surface area contributed by atoms with Crippen LogP contribution >= 0.6 is 0 Å². The molecule has 2 aromatic carbocycles. The zero-order chi connectivity index (χ0) is 23.4. The minimum atomic E-state index is 0.0176. The zero-order valence-electron chi connectivity index (χ0n) is 20.1. The minimum Gasteiger partial charge on any atom is -0.348 e. The second kappa shape index (κ2) is 10.5. The third kappa shape index (κ3) is 6.42. The van der Waals surface area contributed by atoms with Gasteiger partial charge in [-0.05, 0) is 56.2 Å². The second-order valence-corrected chi connectivity index (χ2v) is 9.66. The van der Waals surface area contributed by atoms with Gasteiger partial charge < -0.3 is 10.6 Å². The van der Waals surface area contributed by atoms with Crippen LogP contribution in [0.2, 0.25) is 0 Å². The fourth-order valence-electron chi connectivity index (χ4n) is 4.60. The average molecular weight is 449 g/mol. The smallest absolute Gasteiger partial charge is 0.238 e. The fourth-order valence-corrected chi connectivity index (χ4v) is 4.60. The van der Waals surface area contributed by atoms with Crippen LogP contribution in [-0.4, -0.2) is 60.9 Å². The Morgan fingerprint density at radius 1 is 0.848 bits per heavy atom. The number of hydrogen-bond acceptors (Lipinski definition) is 4. The number of carbonyl (C=O) groups is 2. The van der Waals surface area contributed by atoms with E-state index in [9.17, 15) is 9.59 Å². The summed E-state index contributed by atoms with van der Waals surface area (Å²) in [5.41, 5.74) is 5.51. The van der Waals surface area contributed by atoms with E-state index < -0.39 is 0 Å². The number of carbonyl (C=O) groups excluding carboxylic acids is 2. The molecule has 1 heterocycles. The van der Waals surface area contributed by atoms with Gasteiger partial charge in [-0.3, -0.25) is 19.4 Å². The van der Waals surface area contributed by atoms with E-state index >= 15 is 0 Å². The van der Waals surface area contributed by atoms with Gasteiger partial charge in [0.1, 0.15) is 0 Å². The number of hydrogen-bond donors (Lipinski definition) is 2. The molecule has 1 saturated carbocycles. The number of nitrogens with zero attached hydrogens (tertiary/aromatic N) is 2. The third-order valence-corrected chi connectivity index (χ3v) is 6.79. The lowest BCUT2D eigenvalue weighted by Crippen LogP contribution is -2.51. The molecule has 2 amide bonds. The number of benzene rings is 2. The van der Waals surface area contributed by atoms with Crippen LogP contribution in [0, 0.1) is 26.7 Å². The van der Waals surface area contributed by atoms with Crippen molar-refractivity contribution >= 4 is 17.5 Å². The molecule has 1 aliphatic heterocycles. The van der Waals surface area contributed by atoms with Gasteiger partial charge in [0.2, 0.25) is 11.8 Å². The maximum Gasteiger partial charge on any atom is 0.238 e. The van der Waals surface area contributed by atoms with Crippen LogP contribution in [0.5, 0.6) is 0 Å². The van der Waals surface area contributed by atoms with Crippen molar-refractivity contribution in [1.29, 1.82) is 0 Å². The Kier molecular flexibility index (Phi) is 7.46. The minimum absolute atomic E-state index is 0.0176. The Hall–Kier alpha value is -2.70. The molecule has 1 saturated heterocycles. The van der Waals surface area contributed by atoms with Crippen LogP contribution in [0.4, 0.5) is 5.69 Å². The van der Waals surface area contributed by atoms with Crippen molar-refractivity contribution in [2.75, 3.05) is 44.6 Å². The summed E-state index contributed by atoms with van der Waals surface area (Å²) in [6, 6.07) is 14.7. The van der Waals surface area contributed by atoms with E-state index in [1.807, 2.05) is 32.0 Å². The number of para-hydroxylation sites is 1. The summed E-state index contributed by atoms with van der Waals surface area (Å²) in [6.07, 6.45) is 2.36. The van der Waals surface area contributed by atoms with Crippen molar-refractivity contribution in [3.8, 4) is 0 Å². The van der Waals surface area contributed by atoms with Crippen molar-refractivity contribution in [1.82, 2.24) is 15.1 Å². The number of piperazine rings is 1. The first-order valence-corrected chi connectivity index (χ1v) is 12.1. The highest BCUT2D eigenvalue weighted by Crippen LogP contribution is 2.41. The molecule has 0 radical (unpaired) electrons. The molecule has 4 rings (SSSR count). The SMILES string of the molecule is Cc1ccc(C(NC(=O)CN2CCN(CC(=O)Nc3c(C)cccc3C)CC2)C2CC2)cc1. The molecule has 1 atom stereocenters. The van der Waals surface area contributed by atoms with Gasteiger partial charge in [0.05, 0.1) is 19.1 Å². The fraction of sp³-hybridized carbons (Fsp3) is 0.481. The van der Waals surface area contributed by atoms with Crippen LogP contribution in [-0.2, 0) is 9.59 Å². The van der Waals surface area contributed by atoms with E-state index in [0.717, 1.165) is 43.0 Å². The number of rotatable bonds is 8. The highest BCUT2D eigenvalue weighted by molar-refractivity contribution is 5.93. The number of anilines is 1. The lowest BCUT2D eigenvalue weighted by atomic mass is 10.0. The molecular formula is C27H36N4O2. The van der Waals surface area contributed by atoms with E-state index in [1.54, 1.807) is 0 Å². The molecule has 0 aromatic heterocycles. The average Bonchev–Trinajstić information content (AvgIpc) is 3.62. The van der Waals surface area contributed by atoms with E-state index in [-0.39, 0.29) is 17.9 Å². The molecule has 1 aliphatic carbocycles. The lowest BCUT2D eigenvalue weighted by molar-refractivity contribution is -0.124. The summed E-state index contributed by atoms with van der Waals surface area (Å²) in [6.45, 7) is 10.1. The highest BCUT2D eigenvalue weighted by Gasteiger charge is 2.33. The summed E-state index contributed by atoms with van der Waals surface area (Å²) in [5, 5.41) is 6.35. The standard InChI is InChI=1S/C27H36N4O2/c1-19-7-9-22(10-8-19)27(23-11-12-23)29-25(33)18-31-15-13-30(14-16-31)17-24(32)28-26-20(2)5-4-6-21(26)3/h4-10,23,27H,11-18H2,1-3H3,(H,28,32)(H,29,33). The van der Waals surface area contributed by atoms with Gasteiger partial charge in [0.15, 0.2) is 0 Å². The Labute approximate surface area is 197 Å². The quantitative estimate of drug-likeness (QED) is 0.649. The molecule has 0 spiro atoms. The molecule has 2 aliphatic rings. The second-order valence-electron chi connectivity index (χ2n) is 9.66. The molecule has 0 bridgehead atoms. The van der Waals surface area contributed by atoms with E-state index in [0.29, 0.717) is 19.0 Å². The van der Waals surface area contributed by atoms with Crippen molar-refractivity contribution in [2.24, 2.45) is 5.92 Å². The first-order valence-electron chi connectivity index (χ1n) is 12.1. The highest BCUT2D eigenvalue weighted by atomic mass is 16.2. The molecule has 1 unspecified atom stereocenters. The molecule has 6 nitrogen and oxygen atoms in total. The molecule has 2 fully saturated rings. The summed E-state index contributed by atoms with van der Waals surface area (Å²) in [5.74, 6) is 0.668. The molecular weight excluding hydrogens is 412 g/mol. The first kappa shape index (κ1) is 23.5. The Morgan fingerprint density at radius 2 is 1.39 bits per heavy atom. The van der Waals surface area contributed by atoms with Gasteiger partial charge in [-0.25, -0.2) is 0 Å². The van der Waals surface area contributed by atoms with Crippen molar-refractivity contribution in [3.05, 3.63) is 64.7 Å². The maximum atomic E-state index is 12.8. The summed E-state index contributed by atoms with van der Waals surface area (Å²) in [4.78, 5) is 29.7. The number of aryl methyl sites for hydroxylation is 3. The number of amides is 2. The van der Waals surface area contributed by atoms with Crippen molar-refractivity contribution < 1.29 is 9.59 Å². The molecule has 2 aromatic rings. The molecule has 176 valence electrons. The molecule has 6 heteroatoms.